The highest BCUT2D eigenvalue weighted by Crippen LogP contribution is 2.55. The van der Waals surface area contributed by atoms with E-state index >= 15 is 0 Å². The molecule has 75 heavy (non-hydrogen) atoms. The largest absolute Gasteiger partial charge is 0.309 e. The molecule has 4 heteroatoms. The van der Waals surface area contributed by atoms with E-state index in [4.69, 9.17) is 9.97 Å². The minimum Gasteiger partial charge on any atom is -0.309 e. The first kappa shape index (κ1) is 41.9. The van der Waals surface area contributed by atoms with Crippen molar-refractivity contribution in [2.75, 3.05) is 4.90 Å². The lowest BCUT2D eigenvalue weighted by Crippen LogP contribution is -2.16. The Morgan fingerprint density at radius 3 is 1.79 bits per heavy atom. The van der Waals surface area contributed by atoms with Crippen LogP contribution in [0, 0.1) is 0 Å². The van der Waals surface area contributed by atoms with E-state index in [1.165, 1.54) is 109 Å². The summed E-state index contributed by atoms with van der Waals surface area (Å²) in [5.41, 5.74) is 13.7. The van der Waals surface area contributed by atoms with E-state index in [0.29, 0.717) is 5.95 Å². The van der Waals surface area contributed by atoms with Crippen LogP contribution in [-0.4, -0.2) is 14.5 Å². The number of anilines is 3. The number of aromatic nitrogens is 3. The lowest BCUT2D eigenvalue weighted by atomic mass is 9.78. The van der Waals surface area contributed by atoms with Gasteiger partial charge in [0.25, 0.3) is 0 Å². The Morgan fingerprint density at radius 2 is 0.987 bits per heavy atom. The van der Waals surface area contributed by atoms with Crippen LogP contribution in [0.3, 0.4) is 0 Å². The maximum atomic E-state index is 5.35. The molecule has 1 aliphatic carbocycles. The second-order valence-electron chi connectivity index (χ2n) is 20.9. The van der Waals surface area contributed by atoms with E-state index in [-0.39, 0.29) is 5.41 Å². The summed E-state index contributed by atoms with van der Waals surface area (Å²) in [6, 6.07) is 87.2. The van der Waals surface area contributed by atoms with Gasteiger partial charge in [0.1, 0.15) is 0 Å². The fraction of sp³-hybridized carbons (Fsp3) is 0.0423. The molecule has 0 unspecified atom stereocenters. The van der Waals surface area contributed by atoms with Crippen molar-refractivity contribution in [3.05, 3.63) is 254 Å². The topological polar surface area (TPSA) is 34.0 Å². The molecule has 0 saturated carbocycles. The number of hydrogen-bond acceptors (Lipinski definition) is 3. The molecule has 0 aliphatic heterocycles. The molecule has 2 aromatic heterocycles. The lowest BCUT2D eigenvalue weighted by Gasteiger charge is -2.29. The third kappa shape index (κ3) is 5.99. The van der Waals surface area contributed by atoms with Gasteiger partial charge in [-0.2, -0.15) is 0 Å². The van der Waals surface area contributed by atoms with Crippen LogP contribution in [0.4, 0.5) is 17.1 Å². The molecule has 0 atom stereocenters. The molecule has 16 rings (SSSR count). The third-order valence-electron chi connectivity index (χ3n) is 16.5. The van der Waals surface area contributed by atoms with E-state index in [0.717, 1.165) is 39.0 Å². The summed E-state index contributed by atoms with van der Waals surface area (Å²) in [5.74, 6) is 0.666. The zero-order valence-corrected chi connectivity index (χ0v) is 41.4. The predicted molar refractivity (Wildman–Crippen MR) is 317 cm³/mol. The first-order valence-corrected chi connectivity index (χ1v) is 26.0. The maximum absolute atomic E-state index is 5.35. The number of hydrogen-bond donors (Lipinski definition) is 0. The zero-order valence-electron chi connectivity index (χ0n) is 41.4. The van der Waals surface area contributed by atoms with Crippen molar-refractivity contribution in [2.24, 2.45) is 0 Å². The first-order chi connectivity index (χ1) is 37.0. The highest BCUT2D eigenvalue weighted by Gasteiger charge is 2.39. The van der Waals surface area contributed by atoms with Crippen molar-refractivity contribution in [1.82, 2.24) is 14.5 Å². The molecule has 13 aromatic carbocycles. The molecule has 1 aliphatic rings. The van der Waals surface area contributed by atoms with Crippen LogP contribution in [-0.2, 0) is 5.41 Å². The summed E-state index contributed by atoms with van der Waals surface area (Å²) in [6.07, 6.45) is 1.98. The maximum Gasteiger partial charge on any atom is 0.235 e. The monoisotopic (exact) mass is 954 g/mol. The normalized spacial score (nSPS) is 13.0. The van der Waals surface area contributed by atoms with Gasteiger partial charge in [0.15, 0.2) is 0 Å². The van der Waals surface area contributed by atoms with Crippen LogP contribution in [0.25, 0.3) is 126 Å². The molecule has 4 nitrogen and oxygen atoms in total. The molecule has 2 heterocycles. The zero-order chi connectivity index (χ0) is 49.5. The van der Waals surface area contributed by atoms with Crippen LogP contribution in [0.1, 0.15) is 25.0 Å². The van der Waals surface area contributed by atoms with Crippen molar-refractivity contribution in [3.8, 4) is 28.2 Å². The van der Waals surface area contributed by atoms with Gasteiger partial charge < -0.3 is 4.90 Å². The minimum atomic E-state index is -0.369. The van der Waals surface area contributed by atoms with Gasteiger partial charge in [0.2, 0.25) is 5.95 Å². The van der Waals surface area contributed by atoms with E-state index in [1.54, 1.807) is 0 Å². The molecule has 0 amide bonds. The third-order valence-corrected chi connectivity index (χ3v) is 16.5. The van der Waals surface area contributed by atoms with Gasteiger partial charge in [-0.15, -0.1) is 0 Å². The van der Waals surface area contributed by atoms with Gasteiger partial charge in [-0.1, -0.05) is 208 Å². The van der Waals surface area contributed by atoms with Crippen LogP contribution in [0.5, 0.6) is 0 Å². The Morgan fingerprint density at radius 1 is 0.400 bits per heavy atom. The van der Waals surface area contributed by atoms with Crippen molar-refractivity contribution in [2.45, 2.75) is 19.3 Å². The van der Waals surface area contributed by atoms with E-state index in [1.807, 2.05) is 6.20 Å². The van der Waals surface area contributed by atoms with E-state index in [9.17, 15) is 0 Å². The summed E-state index contributed by atoms with van der Waals surface area (Å²) in [4.78, 5) is 13.0. The first-order valence-electron chi connectivity index (χ1n) is 26.0. The number of para-hydroxylation sites is 1. The molecule has 0 fully saturated rings. The second-order valence-corrected chi connectivity index (χ2v) is 20.9. The Kier molecular flexibility index (Phi) is 8.77. The fourth-order valence-corrected chi connectivity index (χ4v) is 13.2. The van der Waals surface area contributed by atoms with Gasteiger partial charge in [0, 0.05) is 49.6 Å². The molecule has 0 radical (unpaired) electrons. The highest BCUT2D eigenvalue weighted by molar-refractivity contribution is 6.33. The van der Waals surface area contributed by atoms with Crippen molar-refractivity contribution in [1.29, 1.82) is 0 Å². The number of rotatable bonds is 5. The molecular weight excluding hydrogens is 909 g/mol. The molecule has 0 spiro atoms. The molecule has 0 N–H and O–H groups in total. The number of fused-ring (bicyclic) bond motifs is 18. The summed E-state index contributed by atoms with van der Waals surface area (Å²) in [6.45, 7) is 4.82. The molecular formula is C71H46N4. The summed E-state index contributed by atoms with van der Waals surface area (Å²) < 4.78 is 2.36. The van der Waals surface area contributed by atoms with Crippen molar-refractivity contribution >= 4 is 114 Å². The average molecular weight is 955 g/mol. The van der Waals surface area contributed by atoms with Crippen LogP contribution in [0.15, 0.2) is 243 Å². The smallest absolute Gasteiger partial charge is 0.235 e. The van der Waals surface area contributed by atoms with Gasteiger partial charge in [0.05, 0.1) is 27.9 Å². The quantitative estimate of drug-likeness (QED) is 0.161. The Labute approximate surface area is 433 Å². The Bertz CT molecular complexity index is 4900. The van der Waals surface area contributed by atoms with E-state index in [2.05, 4.69) is 260 Å². The Balaban J connectivity index is 0.935. The van der Waals surface area contributed by atoms with Gasteiger partial charge in [-0.05, 0) is 124 Å². The number of nitrogens with zero attached hydrogens (tertiary/aromatic N) is 4. The second kappa shape index (κ2) is 15.7. The lowest BCUT2D eigenvalue weighted by molar-refractivity contribution is 0.662. The molecule has 15 aromatic rings. The summed E-state index contributed by atoms with van der Waals surface area (Å²) >= 11 is 0. The predicted octanol–water partition coefficient (Wildman–Crippen LogP) is 19.1. The van der Waals surface area contributed by atoms with Crippen LogP contribution < -0.4 is 4.90 Å². The standard InChI is InChI=1S/C71H46N4/c1-71(2)62-41-66-61(59-37-36-57-54-29-9-8-27-52(54)53-28-11-13-31-56(53)67(57)69(59)75(66)70-72-42-46-20-5-14-34-63(46)73-70)40-60(62)58-33-17-32-50(68(58)71)44-22-15-23-47(38-44)74(64-35-16-21-43-18-3-7-25-49(43)64)65-39-45-19-4-6-24-48(45)51-26-10-12-30-55(51)65/h3-42H,1-2H3. The van der Waals surface area contributed by atoms with Crippen molar-refractivity contribution < 1.29 is 0 Å². The fourth-order valence-electron chi connectivity index (χ4n) is 13.2. The molecule has 0 saturated heterocycles. The minimum absolute atomic E-state index is 0.369. The van der Waals surface area contributed by atoms with Crippen LogP contribution >= 0.6 is 0 Å². The molecule has 0 bridgehead atoms. The Hall–Kier alpha value is -9.64. The summed E-state index contributed by atoms with van der Waals surface area (Å²) in [7, 11) is 0. The van der Waals surface area contributed by atoms with Crippen molar-refractivity contribution in [3.63, 3.8) is 0 Å². The summed E-state index contributed by atoms with van der Waals surface area (Å²) in [5, 5.41) is 18.1. The van der Waals surface area contributed by atoms with Crippen LogP contribution in [0.2, 0.25) is 0 Å². The number of benzene rings is 13. The molecule has 350 valence electrons. The van der Waals surface area contributed by atoms with E-state index < -0.39 is 0 Å². The average Bonchev–Trinajstić information content (AvgIpc) is 3.93. The SMILES string of the molecule is CC1(C)c2cc3c(cc2-c2cccc(-c4cccc(N(c5cccc6ccccc56)c5cc6ccccc6c6ccccc56)c4)c21)c1ccc2c4ccccc4c4ccccc4c2c1n3-c1ncc2ccccc2n1. The highest BCUT2D eigenvalue weighted by atomic mass is 15.2. The van der Waals surface area contributed by atoms with Gasteiger partial charge in [-0.3, -0.25) is 4.57 Å². The van der Waals surface area contributed by atoms with Gasteiger partial charge in [-0.25, -0.2) is 9.97 Å². The van der Waals surface area contributed by atoms with Gasteiger partial charge >= 0.3 is 0 Å².